The van der Waals surface area contributed by atoms with Crippen molar-refractivity contribution in [2.24, 2.45) is 0 Å². The topological polar surface area (TPSA) is 262 Å². The minimum Gasteiger partial charge on any atom is -0.492 e. The number of likely N-dealkylation sites (tertiary alicyclic amines) is 1. The molecule has 0 unspecified atom stereocenters. The summed E-state index contributed by atoms with van der Waals surface area (Å²) in [5.41, 5.74) is 3.38. The molecule has 6 N–H and O–H groups in total. The second-order valence-electron chi connectivity index (χ2n) is 11.9. The van der Waals surface area contributed by atoms with Gasteiger partial charge in [-0.05, 0) is 69.8 Å². The van der Waals surface area contributed by atoms with E-state index in [4.69, 9.17) is 41.5 Å². The zero-order valence-electron chi connectivity index (χ0n) is 31.2. The van der Waals surface area contributed by atoms with Crippen molar-refractivity contribution in [2.75, 3.05) is 30.8 Å². The molecule has 18 heteroatoms. The van der Waals surface area contributed by atoms with Crippen LogP contribution in [0.4, 0.5) is 17.1 Å². The molecule has 2 aromatic carbocycles. The number of benzene rings is 2. The number of rotatable bonds is 14. The lowest BCUT2D eigenvalue weighted by Crippen LogP contribution is -2.23. The summed E-state index contributed by atoms with van der Waals surface area (Å²) < 4.78 is 11.7. The van der Waals surface area contributed by atoms with Gasteiger partial charge in [0.1, 0.15) is 24.2 Å². The fraction of sp³-hybridized carbons (Fsp3) is 0.200. The van der Waals surface area contributed by atoms with E-state index in [-0.39, 0.29) is 18.6 Å². The summed E-state index contributed by atoms with van der Waals surface area (Å²) in [7, 11) is 2.06. The predicted molar refractivity (Wildman–Crippen MR) is 213 cm³/mol. The van der Waals surface area contributed by atoms with Crippen LogP contribution in [0.1, 0.15) is 31.0 Å². The number of hydrogen-bond acceptors (Lipinski definition) is 12. The summed E-state index contributed by atoms with van der Waals surface area (Å²) in [5.74, 6) is -4.29. The number of nitriles is 1. The maximum absolute atomic E-state index is 12.9. The number of anilines is 3. The molecule has 1 amide bonds. The first kappa shape index (κ1) is 45.1. The Kier molecular flexibility index (Phi) is 17.8. The number of pyridine rings is 2. The largest absolute Gasteiger partial charge is 0.492 e. The van der Waals surface area contributed by atoms with Crippen molar-refractivity contribution in [1.82, 2.24) is 14.9 Å². The van der Waals surface area contributed by atoms with Gasteiger partial charge in [-0.2, -0.15) is 5.26 Å². The van der Waals surface area contributed by atoms with Crippen LogP contribution in [0.15, 0.2) is 97.4 Å². The Balaban J connectivity index is 0.000000473. The van der Waals surface area contributed by atoms with Crippen molar-refractivity contribution in [2.45, 2.75) is 32.4 Å². The summed E-state index contributed by atoms with van der Waals surface area (Å²) in [6.07, 6.45) is 11.1. The molecule has 4 aromatic rings. The molecule has 1 atom stereocenters. The van der Waals surface area contributed by atoms with Crippen molar-refractivity contribution in [1.29, 1.82) is 5.26 Å². The summed E-state index contributed by atoms with van der Waals surface area (Å²) in [6.45, 7) is 3.58. The Morgan fingerprint density at radius 3 is 2.12 bits per heavy atom. The molecule has 2 aromatic heterocycles. The smallest absolute Gasteiger partial charge is 0.328 e. The number of aliphatic carboxylic acids is 4. The number of aromatic nitrogens is 2. The van der Waals surface area contributed by atoms with Gasteiger partial charge in [-0.15, -0.1) is 0 Å². The van der Waals surface area contributed by atoms with E-state index in [0.29, 0.717) is 81.0 Å². The SMILES string of the molecule is CCOc1cc2ncc(C#N)c(Nc3ccc(OCc4ccccn4)c(Cl)c3)c2cc1NC(=O)/C=C\[C@H]1CCCN1C.O=C(O)/C=C\C(=O)O.O=C(O)/C=C\C(=O)O. The highest BCUT2D eigenvalue weighted by Gasteiger charge is 2.19. The lowest BCUT2D eigenvalue weighted by molar-refractivity contribution is -0.134. The lowest BCUT2D eigenvalue weighted by atomic mass is 10.1. The maximum atomic E-state index is 12.9. The molecule has 0 aliphatic carbocycles. The zero-order valence-corrected chi connectivity index (χ0v) is 31.9. The van der Waals surface area contributed by atoms with E-state index in [9.17, 15) is 29.2 Å². The molecule has 3 heterocycles. The molecule has 302 valence electrons. The third-order valence-electron chi connectivity index (χ3n) is 7.73. The average molecular weight is 815 g/mol. The fourth-order valence-corrected chi connectivity index (χ4v) is 5.36. The van der Waals surface area contributed by atoms with Gasteiger partial charge >= 0.3 is 23.9 Å². The van der Waals surface area contributed by atoms with E-state index in [0.717, 1.165) is 25.1 Å². The number of carbonyl (C=O) groups excluding carboxylic acids is 1. The summed E-state index contributed by atoms with van der Waals surface area (Å²) in [6, 6.07) is 16.9. The number of nitrogens with zero attached hydrogens (tertiary/aromatic N) is 4. The number of amides is 1. The van der Waals surface area contributed by atoms with Gasteiger partial charge in [0.15, 0.2) is 0 Å². The van der Waals surface area contributed by atoms with Gasteiger partial charge in [0.05, 0.1) is 39.8 Å². The summed E-state index contributed by atoms with van der Waals surface area (Å²) in [4.78, 5) is 62.1. The monoisotopic (exact) mass is 814 g/mol. The first-order valence-corrected chi connectivity index (χ1v) is 17.6. The first-order valence-electron chi connectivity index (χ1n) is 17.3. The molecular formula is C40H39ClN6O11. The Labute approximate surface area is 337 Å². The third-order valence-corrected chi connectivity index (χ3v) is 8.03. The van der Waals surface area contributed by atoms with Gasteiger partial charge in [-0.1, -0.05) is 23.7 Å². The van der Waals surface area contributed by atoms with Crippen LogP contribution in [-0.4, -0.2) is 91.3 Å². The Hall–Kier alpha value is -7.29. The molecule has 1 aliphatic heterocycles. The van der Waals surface area contributed by atoms with Crippen LogP contribution in [-0.2, 0) is 30.6 Å². The second kappa shape index (κ2) is 22.9. The van der Waals surface area contributed by atoms with Crippen LogP contribution < -0.4 is 20.1 Å². The molecule has 1 saturated heterocycles. The van der Waals surface area contributed by atoms with Crippen molar-refractivity contribution in [3.63, 3.8) is 0 Å². The van der Waals surface area contributed by atoms with Crippen LogP contribution >= 0.6 is 11.6 Å². The van der Waals surface area contributed by atoms with Gasteiger partial charge in [0, 0.05) is 66.0 Å². The van der Waals surface area contributed by atoms with E-state index in [2.05, 4.69) is 38.6 Å². The Bertz CT molecular complexity index is 2170. The highest BCUT2D eigenvalue weighted by atomic mass is 35.5. The third kappa shape index (κ3) is 15.1. The van der Waals surface area contributed by atoms with Crippen LogP contribution in [0.3, 0.4) is 0 Å². The number of ether oxygens (including phenoxy) is 2. The fourth-order valence-electron chi connectivity index (χ4n) is 5.12. The normalized spacial score (nSPS) is 13.5. The molecule has 17 nitrogen and oxygen atoms in total. The number of nitrogens with one attached hydrogen (secondary N) is 2. The number of carbonyl (C=O) groups is 5. The number of carboxylic acids is 4. The van der Waals surface area contributed by atoms with Crippen molar-refractivity contribution in [3.8, 4) is 17.6 Å². The minimum atomic E-state index is -1.26. The van der Waals surface area contributed by atoms with Crippen LogP contribution in [0.25, 0.3) is 10.9 Å². The lowest BCUT2D eigenvalue weighted by Gasteiger charge is -2.17. The second-order valence-corrected chi connectivity index (χ2v) is 12.3. The van der Waals surface area contributed by atoms with E-state index >= 15 is 0 Å². The molecule has 58 heavy (non-hydrogen) atoms. The van der Waals surface area contributed by atoms with Crippen LogP contribution in [0.2, 0.25) is 5.02 Å². The molecule has 1 aliphatic rings. The maximum Gasteiger partial charge on any atom is 0.328 e. The highest BCUT2D eigenvalue weighted by Crippen LogP contribution is 2.37. The molecule has 1 fully saturated rings. The number of hydrogen-bond donors (Lipinski definition) is 6. The molecule has 0 radical (unpaired) electrons. The van der Waals surface area contributed by atoms with Crippen molar-refractivity contribution < 1.29 is 53.9 Å². The van der Waals surface area contributed by atoms with Gasteiger partial charge in [-0.25, -0.2) is 19.2 Å². The van der Waals surface area contributed by atoms with Gasteiger partial charge in [0.2, 0.25) is 5.91 Å². The standard InChI is InChI=1S/C32H31ClN6O3.2C4H4O4/c1-3-41-30-17-27-25(16-28(30)38-31(40)12-10-24-8-6-14-39(24)2)32(21(18-34)19-36-27)37-22-9-11-29(26(33)15-22)42-20-23-7-4-5-13-35-23;2*5-3(6)1-2-4(7)8/h4-5,7,9-13,15-17,19,24H,3,6,8,14,20H2,1-2H3,(H,36,37)(H,38,40);2*1-2H,(H,5,6)(H,7,8)/b12-10-;2*2-1-/t24-;;/m1../s1. The van der Waals surface area contributed by atoms with E-state index in [1.54, 1.807) is 36.5 Å². The summed E-state index contributed by atoms with van der Waals surface area (Å²) >= 11 is 6.54. The average Bonchev–Trinajstić information content (AvgIpc) is 3.60. The molecule has 0 spiro atoms. The summed E-state index contributed by atoms with van der Waals surface area (Å²) in [5, 5.41) is 48.4. The molecule has 5 rings (SSSR count). The van der Waals surface area contributed by atoms with Crippen LogP contribution in [0, 0.1) is 11.3 Å². The zero-order chi connectivity index (χ0) is 42.6. The minimum absolute atomic E-state index is 0.246. The Morgan fingerprint density at radius 1 is 0.914 bits per heavy atom. The molecular weight excluding hydrogens is 776 g/mol. The van der Waals surface area contributed by atoms with Crippen LogP contribution in [0.5, 0.6) is 11.5 Å². The van der Waals surface area contributed by atoms with E-state index in [1.807, 2.05) is 37.3 Å². The van der Waals surface area contributed by atoms with E-state index < -0.39 is 23.9 Å². The molecule has 0 saturated carbocycles. The number of likely N-dealkylation sites (N-methyl/N-ethyl adjacent to an activating group) is 1. The van der Waals surface area contributed by atoms with Gasteiger partial charge in [0.25, 0.3) is 0 Å². The number of fused-ring (bicyclic) bond motifs is 1. The predicted octanol–water partition coefficient (Wildman–Crippen LogP) is 5.89. The van der Waals surface area contributed by atoms with Gasteiger partial charge in [-0.3, -0.25) is 19.7 Å². The Morgan fingerprint density at radius 2 is 1.59 bits per heavy atom. The first-order chi connectivity index (χ1) is 27.7. The molecule has 0 bridgehead atoms. The number of halogens is 1. The van der Waals surface area contributed by atoms with Crippen molar-refractivity contribution in [3.05, 3.63) is 114 Å². The van der Waals surface area contributed by atoms with Gasteiger partial charge < -0.3 is 40.5 Å². The number of carboxylic acid groups (broad SMARTS) is 4. The van der Waals surface area contributed by atoms with E-state index in [1.165, 1.54) is 6.20 Å². The highest BCUT2D eigenvalue weighted by molar-refractivity contribution is 6.32. The van der Waals surface area contributed by atoms with Crippen molar-refractivity contribution >= 4 is 69.4 Å². The quantitative estimate of drug-likeness (QED) is 0.0811.